The first-order chi connectivity index (χ1) is 16.5. The highest BCUT2D eigenvalue weighted by molar-refractivity contribution is 7.89. The van der Waals surface area contributed by atoms with Crippen molar-refractivity contribution in [3.05, 3.63) is 94.0 Å². The molecular formula is C26H26ClN3O4S. The van der Waals surface area contributed by atoms with Crippen LogP contribution < -0.4 is 14.9 Å². The van der Waals surface area contributed by atoms with Gasteiger partial charge in [0.1, 0.15) is 0 Å². The van der Waals surface area contributed by atoms with Gasteiger partial charge in [0.2, 0.25) is 15.9 Å². The predicted molar refractivity (Wildman–Crippen MR) is 136 cm³/mol. The Labute approximate surface area is 210 Å². The van der Waals surface area contributed by atoms with Crippen molar-refractivity contribution in [1.29, 1.82) is 0 Å². The van der Waals surface area contributed by atoms with Crippen molar-refractivity contribution < 1.29 is 18.0 Å². The molecule has 182 valence electrons. The number of hydrogen-bond donors (Lipinski definition) is 2. The Morgan fingerprint density at radius 3 is 2.37 bits per heavy atom. The topological polar surface area (TPSA) is 95.6 Å². The molecule has 3 aromatic rings. The van der Waals surface area contributed by atoms with Crippen molar-refractivity contribution in [1.82, 2.24) is 10.0 Å². The highest BCUT2D eigenvalue weighted by atomic mass is 35.5. The fourth-order valence-electron chi connectivity index (χ4n) is 4.07. The number of benzene rings is 3. The van der Waals surface area contributed by atoms with E-state index in [1.807, 2.05) is 18.2 Å². The van der Waals surface area contributed by atoms with Crippen molar-refractivity contribution in [2.24, 2.45) is 0 Å². The molecule has 9 heteroatoms. The van der Waals surface area contributed by atoms with E-state index in [1.165, 1.54) is 6.07 Å². The predicted octanol–water partition coefficient (Wildman–Crippen LogP) is 4.00. The lowest BCUT2D eigenvalue weighted by molar-refractivity contribution is -0.121. The van der Waals surface area contributed by atoms with E-state index in [9.17, 15) is 18.0 Å². The molecule has 1 heterocycles. The molecule has 35 heavy (non-hydrogen) atoms. The second-order valence-corrected chi connectivity index (χ2v) is 11.1. The summed E-state index contributed by atoms with van der Waals surface area (Å²) in [5, 5.41) is 3.41. The molecule has 0 spiro atoms. The Morgan fingerprint density at radius 2 is 1.69 bits per heavy atom. The van der Waals surface area contributed by atoms with Crippen molar-refractivity contribution in [3.63, 3.8) is 0 Å². The maximum atomic E-state index is 12.9. The van der Waals surface area contributed by atoms with Crippen LogP contribution >= 0.6 is 11.6 Å². The number of likely N-dealkylation sites (N-methyl/N-ethyl adjacent to an activating group) is 1. The molecule has 0 radical (unpaired) electrons. The van der Waals surface area contributed by atoms with Crippen LogP contribution in [0.3, 0.4) is 0 Å². The summed E-state index contributed by atoms with van der Waals surface area (Å²) in [5.41, 5.74) is 2.57. The van der Waals surface area contributed by atoms with Crippen molar-refractivity contribution in [2.75, 3.05) is 11.9 Å². The lowest BCUT2D eigenvalue weighted by atomic mass is 9.86. The third-order valence-corrected chi connectivity index (χ3v) is 8.00. The quantitative estimate of drug-likeness (QED) is 0.501. The van der Waals surface area contributed by atoms with Crippen molar-refractivity contribution >= 4 is 39.1 Å². The Hall–Kier alpha value is -3.20. The zero-order chi connectivity index (χ0) is 25.4. The maximum absolute atomic E-state index is 12.9. The van der Waals surface area contributed by atoms with E-state index >= 15 is 0 Å². The van der Waals surface area contributed by atoms with E-state index in [-0.39, 0.29) is 23.3 Å². The normalized spacial score (nSPS) is 14.6. The van der Waals surface area contributed by atoms with Gasteiger partial charge in [0, 0.05) is 36.4 Å². The molecule has 4 rings (SSSR count). The number of fused-ring (bicyclic) bond motifs is 1. The summed E-state index contributed by atoms with van der Waals surface area (Å²) < 4.78 is 28.4. The Morgan fingerprint density at radius 1 is 1.00 bits per heavy atom. The Bertz CT molecular complexity index is 1400. The number of carbonyl (C=O) groups is 2. The number of nitrogens with zero attached hydrogens (tertiary/aromatic N) is 1. The van der Waals surface area contributed by atoms with Crippen LogP contribution in [0.5, 0.6) is 0 Å². The highest BCUT2D eigenvalue weighted by Gasteiger charge is 2.42. The first kappa shape index (κ1) is 24.9. The van der Waals surface area contributed by atoms with Gasteiger partial charge in [-0.2, -0.15) is 0 Å². The molecule has 1 aliphatic heterocycles. The van der Waals surface area contributed by atoms with Crippen molar-refractivity contribution in [3.8, 4) is 0 Å². The fraction of sp³-hybridized carbons (Fsp3) is 0.231. The van der Waals surface area contributed by atoms with Crippen LogP contribution in [0.1, 0.15) is 40.9 Å². The summed E-state index contributed by atoms with van der Waals surface area (Å²) in [4.78, 5) is 26.6. The maximum Gasteiger partial charge on any atom is 0.251 e. The standard InChI is InChI=1S/C26H26ClN3O4S/c1-26(2)21-14-20(12-13-23(21)30(3)25(26)32)35(33,34)29-15-17-8-10-18(11-9-17)24(31)28-16-19-6-4-5-7-22(19)27/h4-14,29H,15-16H2,1-3H3,(H,28,31). The Balaban J connectivity index is 1.40. The van der Waals surface area contributed by atoms with Gasteiger partial charge >= 0.3 is 0 Å². The Kier molecular flexibility index (Phi) is 6.73. The first-order valence-corrected chi connectivity index (χ1v) is 12.9. The number of hydrogen-bond acceptors (Lipinski definition) is 4. The smallest absolute Gasteiger partial charge is 0.251 e. The summed E-state index contributed by atoms with van der Waals surface area (Å²) in [6, 6.07) is 18.7. The van der Waals surface area contributed by atoms with Gasteiger partial charge in [-0.3, -0.25) is 9.59 Å². The molecule has 3 aromatic carbocycles. The van der Waals surface area contributed by atoms with Crippen molar-refractivity contribution in [2.45, 2.75) is 37.2 Å². The zero-order valence-electron chi connectivity index (χ0n) is 19.6. The van der Waals surface area contributed by atoms with Gasteiger partial charge in [-0.25, -0.2) is 13.1 Å². The SMILES string of the molecule is CN1C(=O)C(C)(C)c2cc(S(=O)(=O)NCc3ccc(C(=O)NCc4ccccc4Cl)cc3)ccc21. The van der Waals surface area contributed by atoms with Gasteiger partial charge in [-0.1, -0.05) is 41.9 Å². The molecule has 0 bridgehead atoms. The molecule has 0 atom stereocenters. The van der Waals surface area contributed by atoms with Gasteiger partial charge in [0.25, 0.3) is 5.91 Å². The lowest BCUT2D eigenvalue weighted by Gasteiger charge is -2.17. The first-order valence-electron chi connectivity index (χ1n) is 11.0. The average molecular weight is 512 g/mol. The third kappa shape index (κ3) is 4.96. The van der Waals surface area contributed by atoms with Crippen LogP contribution in [0.25, 0.3) is 0 Å². The van der Waals surface area contributed by atoms with Gasteiger partial charge in [-0.05, 0) is 66.9 Å². The fourth-order valence-corrected chi connectivity index (χ4v) is 5.32. The van der Waals surface area contributed by atoms with Crippen LogP contribution in [-0.2, 0) is 33.3 Å². The summed E-state index contributed by atoms with van der Waals surface area (Å²) in [5.74, 6) is -0.330. The second kappa shape index (κ2) is 9.45. The molecule has 0 aliphatic carbocycles. The molecule has 0 saturated carbocycles. The van der Waals surface area contributed by atoms with Crippen LogP contribution in [0.15, 0.2) is 71.6 Å². The van der Waals surface area contributed by atoms with E-state index in [4.69, 9.17) is 11.6 Å². The number of nitrogens with one attached hydrogen (secondary N) is 2. The van der Waals surface area contributed by atoms with E-state index in [1.54, 1.807) is 68.3 Å². The zero-order valence-corrected chi connectivity index (χ0v) is 21.2. The minimum atomic E-state index is -3.81. The summed E-state index contributed by atoms with van der Waals surface area (Å²) in [6.07, 6.45) is 0. The van der Waals surface area contributed by atoms with E-state index in [0.717, 1.165) is 5.56 Å². The molecule has 0 aromatic heterocycles. The molecule has 2 amide bonds. The van der Waals surface area contributed by atoms with Gasteiger partial charge < -0.3 is 10.2 Å². The number of halogens is 1. The number of sulfonamides is 1. The summed E-state index contributed by atoms with van der Waals surface area (Å²) in [7, 11) is -2.12. The molecule has 0 unspecified atom stereocenters. The molecule has 1 aliphatic rings. The highest BCUT2D eigenvalue weighted by Crippen LogP contribution is 2.41. The van der Waals surface area contributed by atoms with E-state index in [2.05, 4.69) is 10.0 Å². The number of carbonyl (C=O) groups excluding carboxylic acids is 2. The monoisotopic (exact) mass is 511 g/mol. The average Bonchev–Trinajstić information content (AvgIpc) is 3.02. The second-order valence-electron chi connectivity index (χ2n) is 8.96. The molecule has 0 saturated heterocycles. The molecular weight excluding hydrogens is 486 g/mol. The summed E-state index contributed by atoms with van der Waals surface area (Å²) >= 11 is 6.12. The van der Waals surface area contributed by atoms with Gasteiger partial charge in [-0.15, -0.1) is 0 Å². The summed E-state index contributed by atoms with van der Waals surface area (Å²) in [6.45, 7) is 3.93. The van der Waals surface area contributed by atoms with Gasteiger partial charge in [0.05, 0.1) is 10.3 Å². The van der Waals surface area contributed by atoms with E-state index in [0.29, 0.717) is 33.9 Å². The number of amides is 2. The van der Waals surface area contributed by atoms with E-state index < -0.39 is 15.4 Å². The van der Waals surface area contributed by atoms with Crippen LogP contribution in [0.2, 0.25) is 5.02 Å². The van der Waals surface area contributed by atoms with Crippen LogP contribution in [0.4, 0.5) is 5.69 Å². The minimum absolute atomic E-state index is 0.0587. The molecule has 7 nitrogen and oxygen atoms in total. The number of anilines is 1. The largest absolute Gasteiger partial charge is 0.348 e. The van der Waals surface area contributed by atoms with Crippen LogP contribution in [0, 0.1) is 0 Å². The molecule has 0 fully saturated rings. The number of rotatable bonds is 7. The lowest BCUT2D eigenvalue weighted by Crippen LogP contribution is -2.33. The minimum Gasteiger partial charge on any atom is -0.348 e. The third-order valence-electron chi connectivity index (χ3n) is 6.23. The van der Waals surface area contributed by atoms with Gasteiger partial charge in [0.15, 0.2) is 0 Å². The molecule has 2 N–H and O–H groups in total. The van der Waals surface area contributed by atoms with Crippen LogP contribution in [-0.4, -0.2) is 27.3 Å².